The first-order valence-electron chi connectivity index (χ1n) is 10.8. The Hall–Kier alpha value is -2.05. The third-order valence-corrected chi connectivity index (χ3v) is 7.57. The lowest BCUT2D eigenvalue weighted by Crippen LogP contribution is -2.29. The van der Waals surface area contributed by atoms with Gasteiger partial charge in [0.05, 0.1) is 12.0 Å². The van der Waals surface area contributed by atoms with Gasteiger partial charge >= 0.3 is 0 Å². The molecular weight excluding hydrogens is 396 g/mol. The molecule has 0 amide bonds. The SMILES string of the molecule is COc1cc(C)c(S(=O)(=O)N[C@H](C)c2ccc(N3CCCCC3)cc2)cc1C(C)C. The molecule has 0 spiro atoms. The Kier molecular flexibility index (Phi) is 7.09. The largest absolute Gasteiger partial charge is 0.496 e. The molecule has 164 valence electrons. The molecule has 5 nitrogen and oxygen atoms in total. The number of methoxy groups -OCH3 is 1. The van der Waals surface area contributed by atoms with Crippen LogP contribution in [0.15, 0.2) is 41.3 Å². The Labute approximate surface area is 181 Å². The predicted molar refractivity (Wildman–Crippen MR) is 123 cm³/mol. The fraction of sp³-hybridized carbons (Fsp3) is 0.500. The number of anilines is 1. The van der Waals surface area contributed by atoms with Crippen LogP contribution >= 0.6 is 0 Å². The molecule has 0 unspecified atom stereocenters. The minimum Gasteiger partial charge on any atom is -0.496 e. The van der Waals surface area contributed by atoms with Gasteiger partial charge in [-0.3, -0.25) is 0 Å². The van der Waals surface area contributed by atoms with Crippen molar-refractivity contribution in [3.8, 4) is 5.75 Å². The van der Waals surface area contributed by atoms with E-state index >= 15 is 0 Å². The van der Waals surface area contributed by atoms with Gasteiger partial charge in [0.2, 0.25) is 10.0 Å². The van der Waals surface area contributed by atoms with Crippen molar-refractivity contribution in [1.29, 1.82) is 0 Å². The van der Waals surface area contributed by atoms with Gasteiger partial charge in [0, 0.05) is 24.8 Å². The quantitative estimate of drug-likeness (QED) is 0.659. The van der Waals surface area contributed by atoms with Crippen molar-refractivity contribution in [2.24, 2.45) is 0 Å². The zero-order valence-electron chi connectivity index (χ0n) is 18.7. The third-order valence-electron chi connectivity index (χ3n) is 5.89. The first kappa shape index (κ1) is 22.6. The molecule has 1 saturated heterocycles. The number of hydrogen-bond donors (Lipinski definition) is 1. The van der Waals surface area contributed by atoms with E-state index in [1.807, 2.05) is 39.0 Å². The number of hydrogen-bond acceptors (Lipinski definition) is 4. The van der Waals surface area contributed by atoms with E-state index < -0.39 is 10.0 Å². The highest BCUT2D eigenvalue weighted by atomic mass is 32.2. The second kappa shape index (κ2) is 9.40. The van der Waals surface area contributed by atoms with E-state index in [2.05, 4.69) is 21.8 Å². The van der Waals surface area contributed by atoms with Crippen LogP contribution in [0.1, 0.15) is 68.7 Å². The molecule has 1 aliphatic rings. The number of rotatable bonds is 7. The summed E-state index contributed by atoms with van der Waals surface area (Å²) >= 11 is 0. The maximum absolute atomic E-state index is 13.2. The highest BCUT2D eigenvalue weighted by Gasteiger charge is 2.23. The van der Waals surface area contributed by atoms with E-state index in [-0.39, 0.29) is 12.0 Å². The second-order valence-electron chi connectivity index (χ2n) is 8.50. The van der Waals surface area contributed by atoms with Crippen molar-refractivity contribution in [2.45, 2.75) is 63.8 Å². The molecule has 0 aliphatic carbocycles. The number of piperidine rings is 1. The van der Waals surface area contributed by atoms with Gasteiger partial charge in [-0.05, 0) is 80.0 Å². The van der Waals surface area contributed by atoms with Gasteiger partial charge in [-0.1, -0.05) is 26.0 Å². The smallest absolute Gasteiger partial charge is 0.241 e. The van der Waals surface area contributed by atoms with E-state index in [0.29, 0.717) is 10.5 Å². The highest BCUT2D eigenvalue weighted by molar-refractivity contribution is 7.89. The van der Waals surface area contributed by atoms with E-state index in [4.69, 9.17) is 4.74 Å². The standard InChI is InChI=1S/C24H34N2O3S/c1-17(2)22-16-24(18(3)15-23(22)29-5)30(27,28)25-19(4)20-9-11-21(12-10-20)26-13-7-6-8-14-26/h9-12,15-17,19,25H,6-8,13-14H2,1-5H3/t19-/m1/s1. The summed E-state index contributed by atoms with van der Waals surface area (Å²) in [6.07, 6.45) is 3.77. The molecule has 3 rings (SSSR count). The molecule has 0 bridgehead atoms. The topological polar surface area (TPSA) is 58.6 Å². The predicted octanol–water partition coefficient (Wildman–Crippen LogP) is 5.16. The lowest BCUT2D eigenvalue weighted by molar-refractivity contribution is 0.406. The van der Waals surface area contributed by atoms with Crippen LogP contribution in [0, 0.1) is 6.92 Å². The number of benzene rings is 2. The van der Waals surface area contributed by atoms with Gasteiger partial charge in [0.1, 0.15) is 5.75 Å². The average Bonchev–Trinajstić information content (AvgIpc) is 2.73. The van der Waals surface area contributed by atoms with Gasteiger partial charge in [-0.15, -0.1) is 0 Å². The van der Waals surface area contributed by atoms with Crippen molar-refractivity contribution >= 4 is 15.7 Å². The fourth-order valence-corrected chi connectivity index (χ4v) is 5.58. The normalized spacial score (nSPS) is 16.0. The summed E-state index contributed by atoms with van der Waals surface area (Å²) in [6.45, 7) is 9.94. The van der Waals surface area contributed by atoms with Crippen molar-refractivity contribution in [3.63, 3.8) is 0 Å². The van der Waals surface area contributed by atoms with Crippen LogP contribution in [0.25, 0.3) is 0 Å². The number of aryl methyl sites for hydroxylation is 1. The Morgan fingerprint density at radius 2 is 1.63 bits per heavy atom. The summed E-state index contributed by atoms with van der Waals surface area (Å²) in [5.41, 5.74) is 3.73. The molecular formula is C24H34N2O3S. The van der Waals surface area contributed by atoms with Gasteiger partial charge in [-0.2, -0.15) is 0 Å². The maximum Gasteiger partial charge on any atom is 0.241 e. The monoisotopic (exact) mass is 430 g/mol. The second-order valence-corrected chi connectivity index (χ2v) is 10.2. The molecule has 1 fully saturated rings. The van der Waals surface area contributed by atoms with Crippen molar-refractivity contribution in [2.75, 3.05) is 25.1 Å². The fourth-order valence-electron chi connectivity index (χ4n) is 4.08. The summed E-state index contributed by atoms with van der Waals surface area (Å²) in [6, 6.07) is 11.5. The summed E-state index contributed by atoms with van der Waals surface area (Å²) in [5, 5.41) is 0. The van der Waals surface area contributed by atoms with Crippen molar-refractivity contribution in [3.05, 3.63) is 53.1 Å². The van der Waals surface area contributed by atoms with E-state index in [1.165, 1.54) is 24.9 Å². The minimum atomic E-state index is -3.67. The zero-order valence-corrected chi connectivity index (χ0v) is 19.6. The minimum absolute atomic E-state index is 0.161. The number of ether oxygens (including phenoxy) is 1. The van der Waals surface area contributed by atoms with E-state index in [1.54, 1.807) is 20.1 Å². The van der Waals surface area contributed by atoms with Crippen LogP contribution < -0.4 is 14.4 Å². The first-order valence-corrected chi connectivity index (χ1v) is 12.3. The van der Waals surface area contributed by atoms with Crippen LogP contribution in [-0.4, -0.2) is 28.6 Å². The van der Waals surface area contributed by atoms with Crippen LogP contribution in [0.5, 0.6) is 5.75 Å². The average molecular weight is 431 g/mol. The number of nitrogens with zero attached hydrogens (tertiary/aromatic N) is 1. The number of nitrogens with one attached hydrogen (secondary N) is 1. The number of sulfonamides is 1. The van der Waals surface area contributed by atoms with Gasteiger partial charge in [0.25, 0.3) is 0 Å². The highest BCUT2D eigenvalue weighted by Crippen LogP contribution is 2.32. The molecule has 30 heavy (non-hydrogen) atoms. The van der Waals surface area contributed by atoms with Crippen LogP contribution in [0.4, 0.5) is 5.69 Å². The summed E-state index contributed by atoms with van der Waals surface area (Å²) < 4.78 is 34.6. The van der Waals surface area contributed by atoms with Gasteiger partial charge in [0.15, 0.2) is 0 Å². The summed E-state index contributed by atoms with van der Waals surface area (Å²) in [7, 11) is -2.05. The van der Waals surface area contributed by atoms with Crippen molar-refractivity contribution in [1.82, 2.24) is 4.72 Å². The molecule has 1 N–H and O–H groups in total. The van der Waals surface area contributed by atoms with E-state index in [9.17, 15) is 8.42 Å². The van der Waals surface area contributed by atoms with Crippen LogP contribution in [0.2, 0.25) is 0 Å². The molecule has 1 heterocycles. The molecule has 2 aromatic rings. The first-order chi connectivity index (χ1) is 14.2. The Balaban J connectivity index is 1.80. The molecule has 1 atom stereocenters. The van der Waals surface area contributed by atoms with Crippen LogP contribution in [0.3, 0.4) is 0 Å². The lowest BCUT2D eigenvalue weighted by atomic mass is 10.0. The Morgan fingerprint density at radius 1 is 1.00 bits per heavy atom. The molecule has 2 aromatic carbocycles. The van der Waals surface area contributed by atoms with Crippen molar-refractivity contribution < 1.29 is 13.2 Å². The van der Waals surface area contributed by atoms with E-state index in [0.717, 1.165) is 30.0 Å². The summed E-state index contributed by atoms with van der Waals surface area (Å²) in [5.74, 6) is 0.886. The molecule has 1 aliphatic heterocycles. The molecule has 0 radical (unpaired) electrons. The Bertz CT molecular complexity index is 963. The zero-order chi connectivity index (χ0) is 21.9. The van der Waals surface area contributed by atoms with Crippen LogP contribution in [-0.2, 0) is 10.0 Å². The van der Waals surface area contributed by atoms with Gasteiger partial charge in [-0.25, -0.2) is 13.1 Å². The Morgan fingerprint density at radius 3 is 2.20 bits per heavy atom. The lowest BCUT2D eigenvalue weighted by Gasteiger charge is -2.29. The third kappa shape index (κ3) is 4.98. The molecule has 0 aromatic heterocycles. The molecule has 0 saturated carbocycles. The van der Waals surface area contributed by atoms with Gasteiger partial charge < -0.3 is 9.64 Å². The maximum atomic E-state index is 13.2. The summed E-state index contributed by atoms with van der Waals surface area (Å²) in [4.78, 5) is 2.71. The molecule has 6 heteroatoms.